The third kappa shape index (κ3) is 4.66. The maximum absolute atomic E-state index is 12.4. The van der Waals surface area contributed by atoms with Crippen LogP contribution < -0.4 is 15.1 Å². The molecular weight excluding hydrogens is 424 g/mol. The molecule has 7 heteroatoms. The van der Waals surface area contributed by atoms with Crippen LogP contribution in [-0.4, -0.2) is 50.6 Å². The molecule has 0 bridgehead atoms. The first-order chi connectivity index (χ1) is 16.4. The number of fused-ring (bicyclic) bond motifs is 1. The molecule has 0 fully saturated rings. The Kier molecular flexibility index (Phi) is 6.42. The Hall–Kier alpha value is -4.44. The summed E-state index contributed by atoms with van der Waals surface area (Å²) in [5.74, 6) is -0.316. The predicted molar refractivity (Wildman–Crippen MR) is 137 cm³/mol. The molecule has 0 unspecified atom stereocenters. The summed E-state index contributed by atoms with van der Waals surface area (Å²) in [6, 6.07) is 23.5. The van der Waals surface area contributed by atoms with E-state index in [1.807, 2.05) is 69.5 Å². The van der Waals surface area contributed by atoms with Gasteiger partial charge in [-0.05, 0) is 42.5 Å². The normalized spacial score (nSPS) is 10.6. The fraction of sp³-hybridized carbons (Fsp3) is 0.185. The van der Waals surface area contributed by atoms with Crippen LogP contribution in [0.1, 0.15) is 10.4 Å². The third-order valence-corrected chi connectivity index (χ3v) is 5.53. The first-order valence-corrected chi connectivity index (χ1v) is 10.9. The van der Waals surface area contributed by atoms with Crippen molar-refractivity contribution in [2.75, 3.05) is 44.5 Å². The molecule has 0 aliphatic rings. The van der Waals surface area contributed by atoms with Gasteiger partial charge in [0.25, 0.3) is 5.91 Å². The van der Waals surface area contributed by atoms with Crippen molar-refractivity contribution in [2.24, 2.45) is 0 Å². The summed E-state index contributed by atoms with van der Waals surface area (Å²) in [6.07, 6.45) is 0. The molecule has 0 aliphatic heterocycles. The summed E-state index contributed by atoms with van der Waals surface area (Å²) < 4.78 is 0. The zero-order chi connectivity index (χ0) is 24.2. The van der Waals surface area contributed by atoms with Gasteiger partial charge in [0.15, 0.2) is 0 Å². The lowest BCUT2D eigenvalue weighted by Crippen LogP contribution is -2.23. The molecule has 3 aromatic carbocycles. The van der Waals surface area contributed by atoms with Gasteiger partial charge in [0.2, 0.25) is 0 Å². The van der Waals surface area contributed by atoms with Crippen LogP contribution in [0.3, 0.4) is 0 Å². The second-order valence-electron chi connectivity index (χ2n) is 8.35. The second-order valence-corrected chi connectivity index (χ2v) is 8.35. The molecule has 4 aromatic rings. The molecule has 0 saturated heterocycles. The van der Waals surface area contributed by atoms with E-state index in [1.165, 1.54) is 0 Å². The number of carbonyl (C=O) groups is 1. The van der Waals surface area contributed by atoms with Crippen molar-refractivity contribution in [3.63, 3.8) is 0 Å². The second kappa shape index (κ2) is 9.59. The Balaban J connectivity index is 1.93. The zero-order valence-corrected chi connectivity index (χ0v) is 19.7. The summed E-state index contributed by atoms with van der Waals surface area (Å²) in [5, 5.41) is 11.3. The van der Waals surface area contributed by atoms with Gasteiger partial charge in [0.1, 0.15) is 6.54 Å². The number of nitrogens with zero attached hydrogens (tertiary/aromatic N) is 5. The van der Waals surface area contributed by atoms with Crippen LogP contribution in [-0.2, 0) is 0 Å². The number of anilines is 2. The number of nitrogens with one attached hydrogen (secondary N) is 1. The smallest absolute Gasteiger partial charge is 0.252 e. The van der Waals surface area contributed by atoms with E-state index in [1.54, 1.807) is 18.2 Å². The lowest BCUT2D eigenvalue weighted by molar-refractivity contribution is 0.0958. The molecule has 1 aromatic heterocycles. The molecule has 0 atom stereocenters. The summed E-state index contributed by atoms with van der Waals surface area (Å²) in [7, 11) is 8.01. The first kappa shape index (κ1) is 22.7. The summed E-state index contributed by atoms with van der Waals surface area (Å²) in [5.41, 5.74) is 7.26. The van der Waals surface area contributed by atoms with Crippen molar-refractivity contribution in [3.05, 3.63) is 72.3 Å². The maximum atomic E-state index is 12.4. The van der Waals surface area contributed by atoms with Gasteiger partial charge < -0.3 is 15.1 Å². The standard InChI is InChI=1S/C27H26N6O/c1-32(2)21-9-5-7-18(15-21)25-26(19-8-6-10-22(16-19)33(3)4)31-24-17-20(11-12-23(24)30-25)27(34)29-14-13-28/h5-12,15-17H,14H2,1-4H3,(H,29,34). The largest absolute Gasteiger partial charge is 0.378 e. The minimum absolute atomic E-state index is 0.0493. The van der Waals surface area contributed by atoms with Crippen molar-refractivity contribution in [1.82, 2.24) is 15.3 Å². The average molecular weight is 451 g/mol. The van der Waals surface area contributed by atoms with Gasteiger partial charge in [0.05, 0.1) is 28.5 Å². The van der Waals surface area contributed by atoms with Gasteiger partial charge in [-0.3, -0.25) is 4.79 Å². The van der Waals surface area contributed by atoms with E-state index < -0.39 is 0 Å². The maximum Gasteiger partial charge on any atom is 0.252 e. The monoisotopic (exact) mass is 450 g/mol. The van der Waals surface area contributed by atoms with E-state index in [0.29, 0.717) is 16.6 Å². The number of amides is 1. The topological polar surface area (TPSA) is 85.2 Å². The van der Waals surface area contributed by atoms with Crippen molar-refractivity contribution in [2.45, 2.75) is 0 Å². The highest BCUT2D eigenvalue weighted by molar-refractivity contribution is 5.98. The fourth-order valence-electron chi connectivity index (χ4n) is 3.68. The lowest BCUT2D eigenvalue weighted by atomic mass is 10.0. The van der Waals surface area contributed by atoms with Crippen LogP contribution >= 0.6 is 0 Å². The zero-order valence-electron chi connectivity index (χ0n) is 19.7. The molecular formula is C27H26N6O. The van der Waals surface area contributed by atoms with Gasteiger partial charge in [-0.25, -0.2) is 9.97 Å². The summed E-state index contributed by atoms with van der Waals surface area (Å²) in [4.78, 5) is 26.4. The minimum Gasteiger partial charge on any atom is -0.378 e. The molecule has 4 rings (SSSR count). The van der Waals surface area contributed by atoms with Crippen LogP contribution in [0, 0.1) is 11.3 Å². The van der Waals surface area contributed by atoms with Crippen molar-refractivity contribution in [3.8, 4) is 28.6 Å². The Morgan fingerprint density at radius 3 is 1.91 bits per heavy atom. The SMILES string of the molecule is CN(C)c1cccc(-c2nc3ccc(C(=O)NCC#N)cc3nc2-c2cccc(N(C)C)c2)c1. The number of rotatable bonds is 6. The molecule has 0 radical (unpaired) electrons. The van der Waals surface area contributed by atoms with E-state index in [0.717, 1.165) is 33.9 Å². The molecule has 1 amide bonds. The average Bonchev–Trinajstić information content (AvgIpc) is 2.86. The van der Waals surface area contributed by atoms with Crippen LogP contribution in [0.25, 0.3) is 33.5 Å². The highest BCUT2D eigenvalue weighted by Crippen LogP contribution is 2.34. The Morgan fingerprint density at radius 1 is 0.824 bits per heavy atom. The van der Waals surface area contributed by atoms with E-state index >= 15 is 0 Å². The van der Waals surface area contributed by atoms with Gasteiger partial charge in [-0.1, -0.05) is 24.3 Å². The quantitative estimate of drug-likeness (QED) is 0.440. The molecule has 0 saturated carbocycles. The van der Waals surface area contributed by atoms with E-state index in [4.69, 9.17) is 15.2 Å². The first-order valence-electron chi connectivity index (χ1n) is 10.9. The summed E-state index contributed by atoms with van der Waals surface area (Å²) in [6.45, 7) is -0.0493. The predicted octanol–water partition coefficient (Wildman–Crippen LogP) is 4.35. The van der Waals surface area contributed by atoms with Crippen molar-refractivity contribution < 1.29 is 4.79 Å². The lowest BCUT2D eigenvalue weighted by Gasteiger charge is -2.17. The number of hydrogen-bond acceptors (Lipinski definition) is 6. The Labute approximate surface area is 199 Å². The van der Waals surface area contributed by atoms with E-state index in [-0.39, 0.29) is 12.5 Å². The van der Waals surface area contributed by atoms with Gasteiger partial charge in [-0.15, -0.1) is 0 Å². The molecule has 1 heterocycles. The van der Waals surface area contributed by atoms with Crippen LogP contribution in [0.5, 0.6) is 0 Å². The van der Waals surface area contributed by atoms with Crippen LogP contribution in [0.15, 0.2) is 66.7 Å². The summed E-state index contributed by atoms with van der Waals surface area (Å²) >= 11 is 0. The Morgan fingerprint density at radius 2 is 1.38 bits per heavy atom. The number of nitriles is 1. The molecule has 7 nitrogen and oxygen atoms in total. The van der Waals surface area contributed by atoms with Crippen LogP contribution in [0.2, 0.25) is 0 Å². The van der Waals surface area contributed by atoms with E-state index in [9.17, 15) is 4.79 Å². The third-order valence-electron chi connectivity index (χ3n) is 5.53. The molecule has 34 heavy (non-hydrogen) atoms. The van der Waals surface area contributed by atoms with Gasteiger partial charge >= 0.3 is 0 Å². The van der Waals surface area contributed by atoms with E-state index in [2.05, 4.69) is 28.4 Å². The molecule has 1 N–H and O–H groups in total. The molecule has 0 spiro atoms. The molecule has 170 valence electrons. The number of carbonyl (C=O) groups excluding carboxylic acids is 1. The number of aromatic nitrogens is 2. The highest BCUT2D eigenvalue weighted by atomic mass is 16.1. The fourth-order valence-corrected chi connectivity index (χ4v) is 3.68. The molecule has 0 aliphatic carbocycles. The number of hydrogen-bond donors (Lipinski definition) is 1. The Bertz CT molecular complexity index is 1400. The minimum atomic E-state index is -0.316. The van der Waals surface area contributed by atoms with Crippen LogP contribution in [0.4, 0.5) is 11.4 Å². The number of benzene rings is 3. The van der Waals surface area contributed by atoms with Gasteiger partial charge in [-0.2, -0.15) is 5.26 Å². The van der Waals surface area contributed by atoms with Crippen molar-refractivity contribution in [1.29, 1.82) is 5.26 Å². The van der Waals surface area contributed by atoms with Gasteiger partial charge in [0, 0.05) is 56.3 Å². The highest BCUT2D eigenvalue weighted by Gasteiger charge is 2.16. The van der Waals surface area contributed by atoms with Crippen molar-refractivity contribution >= 4 is 28.3 Å².